The Morgan fingerprint density at radius 3 is 2.78 bits per heavy atom. The van der Waals surface area contributed by atoms with Crippen molar-refractivity contribution in [2.45, 2.75) is 13.1 Å². The van der Waals surface area contributed by atoms with Crippen molar-refractivity contribution in [1.29, 1.82) is 0 Å². The number of hydrazone groups is 1. The highest BCUT2D eigenvalue weighted by Crippen LogP contribution is 2.32. The van der Waals surface area contributed by atoms with Gasteiger partial charge in [-0.15, -0.1) is 0 Å². The van der Waals surface area contributed by atoms with Crippen molar-refractivity contribution in [2.24, 2.45) is 10.1 Å². The van der Waals surface area contributed by atoms with Crippen molar-refractivity contribution in [3.05, 3.63) is 58.6 Å². The van der Waals surface area contributed by atoms with E-state index in [-0.39, 0.29) is 11.9 Å². The summed E-state index contributed by atoms with van der Waals surface area (Å²) >= 11 is 5.99. The molecule has 2 aromatic rings. The Labute approximate surface area is 138 Å². The first-order chi connectivity index (χ1) is 11.1. The summed E-state index contributed by atoms with van der Waals surface area (Å²) in [6.45, 7) is 2.52. The number of phenolic OH excluding ortho intramolecular Hbond substituents is 1. The fourth-order valence-electron chi connectivity index (χ4n) is 3.01. The number of hydrogen-bond donors (Lipinski definition) is 2. The summed E-state index contributed by atoms with van der Waals surface area (Å²) in [5.74, 6) is 1.10. The maximum atomic E-state index is 9.95. The van der Waals surface area contributed by atoms with E-state index in [9.17, 15) is 5.11 Å². The fourth-order valence-corrected chi connectivity index (χ4v) is 3.14. The molecule has 2 N–H and O–H groups in total. The summed E-state index contributed by atoms with van der Waals surface area (Å²) in [7, 11) is 0. The third-order valence-electron chi connectivity index (χ3n) is 4.07. The van der Waals surface area contributed by atoms with E-state index in [1.807, 2.05) is 37.3 Å². The first kappa shape index (κ1) is 14.1. The van der Waals surface area contributed by atoms with Crippen LogP contribution < -0.4 is 10.3 Å². The van der Waals surface area contributed by atoms with Crippen LogP contribution in [0.3, 0.4) is 0 Å². The van der Waals surface area contributed by atoms with E-state index in [1.165, 1.54) is 0 Å². The van der Waals surface area contributed by atoms with Gasteiger partial charge in [-0.2, -0.15) is 5.10 Å². The number of aromatic hydroxyl groups is 1. The Bertz CT molecular complexity index is 829. The third-order valence-corrected chi connectivity index (χ3v) is 4.32. The molecule has 2 heterocycles. The van der Waals surface area contributed by atoms with E-state index in [4.69, 9.17) is 16.6 Å². The van der Waals surface area contributed by atoms with Gasteiger partial charge in [0.15, 0.2) is 0 Å². The number of rotatable bonds is 1. The molecule has 1 atom stereocenters. The lowest BCUT2D eigenvalue weighted by molar-refractivity contribution is 0.475. The quantitative estimate of drug-likeness (QED) is 0.847. The van der Waals surface area contributed by atoms with Crippen LogP contribution >= 0.6 is 11.6 Å². The number of nitrogens with one attached hydrogen (secondary N) is 1. The van der Waals surface area contributed by atoms with Gasteiger partial charge in [-0.05, 0) is 37.3 Å². The number of nitrogens with zero attached hydrogens (tertiary/aromatic N) is 3. The molecule has 0 fully saturated rings. The van der Waals surface area contributed by atoms with Crippen molar-refractivity contribution in [3.63, 3.8) is 0 Å². The van der Waals surface area contributed by atoms with Crippen LogP contribution in [0.15, 0.2) is 52.6 Å². The van der Waals surface area contributed by atoms with Gasteiger partial charge in [0, 0.05) is 16.1 Å². The van der Waals surface area contributed by atoms with Gasteiger partial charge in [0.05, 0.1) is 17.9 Å². The van der Waals surface area contributed by atoms with Crippen molar-refractivity contribution < 1.29 is 5.11 Å². The minimum Gasteiger partial charge on any atom is -0.508 e. The Balaban J connectivity index is 1.90. The largest absolute Gasteiger partial charge is 0.508 e. The van der Waals surface area contributed by atoms with Crippen LogP contribution in [0.2, 0.25) is 5.02 Å². The first-order valence-electron chi connectivity index (χ1n) is 7.36. The summed E-state index contributed by atoms with van der Waals surface area (Å²) in [6, 6.07) is 12.9. The van der Waals surface area contributed by atoms with Gasteiger partial charge in [-0.1, -0.05) is 23.7 Å². The highest BCUT2D eigenvalue weighted by atomic mass is 35.5. The zero-order valence-electron chi connectivity index (χ0n) is 12.5. The van der Waals surface area contributed by atoms with E-state index in [0.29, 0.717) is 11.6 Å². The van der Waals surface area contributed by atoms with E-state index in [2.05, 4.69) is 15.4 Å². The molecule has 0 bridgehead atoms. The number of phenols is 1. The molecule has 2 aliphatic heterocycles. The average Bonchev–Trinajstić information content (AvgIpc) is 2.82. The summed E-state index contributed by atoms with van der Waals surface area (Å²) in [4.78, 5) is 6.88. The number of benzene rings is 2. The molecule has 23 heavy (non-hydrogen) atoms. The standard InChI is InChI=1S/C17H15ClN4O/c1-10-20-21-16-9-19-17(11-2-4-12(18)5-3-11)14-8-13(23)6-7-15(14)22(10)16/h2-8,16,21,23H,9H2,1H3. The number of halogens is 1. The minimum absolute atomic E-state index is 0.0110. The van der Waals surface area contributed by atoms with Gasteiger partial charge in [-0.25, -0.2) is 0 Å². The minimum atomic E-state index is -0.0110. The number of anilines is 1. The molecule has 6 heteroatoms. The number of fused-ring (bicyclic) bond motifs is 3. The van der Waals surface area contributed by atoms with Crippen LogP contribution in [-0.2, 0) is 0 Å². The predicted molar refractivity (Wildman–Crippen MR) is 92.6 cm³/mol. The molecular formula is C17H15ClN4O. The molecular weight excluding hydrogens is 312 g/mol. The monoisotopic (exact) mass is 326 g/mol. The normalized spacial score (nSPS) is 19.2. The molecule has 1 unspecified atom stereocenters. The Morgan fingerprint density at radius 2 is 2.00 bits per heavy atom. The fraction of sp³-hybridized carbons (Fsp3) is 0.176. The van der Waals surface area contributed by atoms with Crippen molar-refractivity contribution in [3.8, 4) is 5.75 Å². The summed E-state index contributed by atoms with van der Waals surface area (Å²) in [5, 5.41) is 14.9. The van der Waals surface area contributed by atoms with E-state index < -0.39 is 0 Å². The maximum Gasteiger partial charge on any atom is 0.140 e. The molecule has 0 amide bonds. The molecule has 2 aliphatic rings. The number of amidine groups is 1. The van der Waals surface area contributed by atoms with Gasteiger partial charge >= 0.3 is 0 Å². The first-order valence-corrected chi connectivity index (χ1v) is 7.74. The molecule has 2 aromatic carbocycles. The topological polar surface area (TPSA) is 60.2 Å². The van der Waals surface area contributed by atoms with Gasteiger partial charge in [-0.3, -0.25) is 10.4 Å². The van der Waals surface area contributed by atoms with Crippen LogP contribution in [-0.4, -0.2) is 29.4 Å². The van der Waals surface area contributed by atoms with Crippen molar-refractivity contribution in [1.82, 2.24) is 5.43 Å². The van der Waals surface area contributed by atoms with Gasteiger partial charge in [0.1, 0.15) is 17.8 Å². The summed E-state index contributed by atoms with van der Waals surface area (Å²) in [5.41, 5.74) is 6.78. The molecule has 0 radical (unpaired) electrons. The van der Waals surface area contributed by atoms with Crippen LogP contribution in [0.1, 0.15) is 18.1 Å². The van der Waals surface area contributed by atoms with Gasteiger partial charge in [0.2, 0.25) is 0 Å². The second-order valence-corrected chi connectivity index (χ2v) is 6.01. The SMILES string of the molecule is CC1=NNC2CN=C(c3ccc(Cl)cc3)c3cc(O)ccc3N12. The summed E-state index contributed by atoms with van der Waals surface area (Å²) < 4.78 is 0. The second-order valence-electron chi connectivity index (χ2n) is 5.57. The molecule has 0 spiro atoms. The van der Waals surface area contributed by atoms with Crippen LogP contribution in [0.25, 0.3) is 0 Å². The molecule has 0 aromatic heterocycles. The van der Waals surface area contributed by atoms with Crippen molar-refractivity contribution in [2.75, 3.05) is 11.4 Å². The number of aliphatic imine (C=N–C) groups is 1. The zero-order valence-corrected chi connectivity index (χ0v) is 13.2. The summed E-state index contributed by atoms with van der Waals surface area (Å²) in [6.07, 6.45) is -0.0110. The van der Waals surface area contributed by atoms with E-state index >= 15 is 0 Å². The zero-order chi connectivity index (χ0) is 16.0. The average molecular weight is 327 g/mol. The molecule has 0 saturated carbocycles. The third kappa shape index (κ3) is 2.33. The maximum absolute atomic E-state index is 9.95. The Kier molecular flexibility index (Phi) is 3.23. The van der Waals surface area contributed by atoms with Crippen LogP contribution in [0.4, 0.5) is 5.69 Å². The molecule has 116 valence electrons. The highest BCUT2D eigenvalue weighted by molar-refractivity contribution is 6.30. The molecule has 0 saturated heterocycles. The highest BCUT2D eigenvalue weighted by Gasteiger charge is 2.31. The smallest absolute Gasteiger partial charge is 0.140 e. The molecule has 5 nitrogen and oxygen atoms in total. The van der Waals surface area contributed by atoms with Gasteiger partial charge in [0.25, 0.3) is 0 Å². The van der Waals surface area contributed by atoms with Crippen molar-refractivity contribution >= 4 is 28.8 Å². The predicted octanol–water partition coefficient (Wildman–Crippen LogP) is 2.97. The van der Waals surface area contributed by atoms with Gasteiger partial charge < -0.3 is 10.0 Å². The van der Waals surface area contributed by atoms with E-state index in [1.54, 1.807) is 12.1 Å². The lowest BCUT2D eigenvalue weighted by atomic mass is 10.00. The van der Waals surface area contributed by atoms with Crippen LogP contribution in [0, 0.1) is 0 Å². The number of hydrogen-bond acceptors (Lipinski definition) is 5. The van der Waals surface area contributed by atoms with E-state index in [0.717, 1.165) is 28.4 Å². The lowest BCUT2D eigenvalue weighted by Gasteiger charge is -2.25. The Hall–Kier alpha value is -2.53. The van der Waals surface area contributed by atoms with Crippen LogP contribution in [0.5, 0.6) is 5.75 Å². The molecule has 0 aliphatic carbocycles. The Morgan fingerprint density at radius 1 is 1.22 bits per heavy atom. The molecule has 4 rings (SSSR count). The second kappa shape index (κ2) is 5.28. The lowest BCUT2D eigenvalue weighted by Crippen LogP contribution is -2.41.